The Hall–Kier alpha value is -1.40. The average Bonchev–Trinajstić information content (AvgIpc) is 2.86. The lowest BCUT2D eigenvalue weighted by Crippen LogP contribution is -2.19. The number of nitrogens with zero attached hydrogens (tertiary/aromatic N) is 4. The Bertz CT molecular complexity index is 549. The fourth-order valence-corrected chi connectivity index (χ4v) is 3.20. The molecule has 0 aliphatic carbocycles. The van der Waals surface area contributed by atoms with Gasteiger partial charge in [0, 0.05) is 18.8 Å². The molecule has 1 aromatic heterocycles. The SMILES string of the molecule is CNC(CSc1nnnn1C)c1ccc(CC(C)C)cc1. The van der Waals surface area contributed by atoms with E-state index in [9.17, 15) is 0 Å². The minimum Gasteiger partial charge on any atom is -0.312 e. The smallest absolute Gasteiger partial charge is 0.209 e. The van der Waals surface area contributed by atoms with E-state index in [-0.39, 0.29) is 0 Å². The van der Waals surface area contributed by atoms with Crippen LogP contribution in [-0.2, 0) is 13.5 Å². The Morgan fingerprint density at radius 3 is 2.48 bits per heavy atom. The first kappa shape index (κ1) is 16.0. The van der Waals surface area contributed by atoms with E-state index in [1.165, 1.54) is 11.1 Å². The summed E-state index contributed by atoms with van der Waals surface area (Å²) in [4.78, 5) is 0. The van der Waals surface area contributed by atoms with Gasteiger partial charge in [0.15, 0.2) is 0 Å². The maximum Gasteiger partial charge on any atom is 0.209 e. The van der Waals surface area contributed by atoms with Crippen molar-refractivity contribution in [1.82, 2.24) is 25.5 Å². The van der Waals surface area contributed by atoms with E-state index in [0.29, 0.717) is 12.0 Å². The van der Waals surface area contributed by atoms with E-state index in [0.717, 1.165) is 17.3 Å². The first-order valence-corrected chi connectivity index (χ1v) is 8.20. The van der Waals surface area contributed by atoms with Crippen molar-refractivity contribution in [2.45, 2.75) is 31.5 Å². The first-order valence-electron chi connectivity index (χ1n) is 7.21. The third kappa shape index (κ3) is 4.54. The number of nitrogens with one attached hydrogen (secondary N) is 1. The van der Waals surface area contributed by atoms with Crippen LogP contribution in [0.4, 0.5) is 0 Å². The second kappa shape index (κ2) is 7.56. The van der Waals surface area contributed by atoms with Gasteiger partial charge in [-0.3, -0.25) is 0 Å². The number of hydrogen-bond donors (Lipinski definition) is 1. The zero-order chi connectivity index (χ0) is 15.2. The number of aryl methyl sites for hydroxylation is 1. The van der Waals surface area contributed by atoms with Crippen LogP contribution < -0.4 is 5.32 Å². The molecule has 1 N–H and O–H groups in total. The Labute approximate surface area is 130 Å². The predicted octanol–water partition coefficient (Wildman–Crippen LogP) is 2.46. The van der Waals surface area contributed by atoms with Crippen molar-refractivity contribution in [1.29, 1.82) is 0 Å². The highest BCUT2D eigenvalue weighted by Crippen LogP contribution is 2.23. The summed E-state index contributed by atoms with van der Waals surface area (Å²) in [6, 6.07) is 9.19. The maximum atomic E-state index is 4.00. The van der Waals surface area contributed by atoms with E-state index >= 15 is 0 Å². The lowest BCUT2D eigenvalue weighted by atomic mass is 10.00. The minimum absolute atomic E-state index is 0.291. The van der Waals surface area contributed by atoms with Gasteiger partial charge < -0.3 is 5.32 Å². The van der Waals surface area contributed by atoms with Crippen molar-refractivity contribution >= 4 is 11.8 Å². The standard InChI is InChI=1S/C15H23N5S/c1-11(2)9-12-5-7-13(8-6-12)14(16-3)10-21-15-17-18-19-20(15)4/h5-8,11,14,16H,9-10H2,1-4H3. The Kier molecular flexibility index (Phi) is 5.76. The molecule has 1 unspecified atom stereocenters. The summed E-state index contributed by atoms with van der Waals surface area (Å²) in [5, 5.41) is 15.7. The first-order chi connectivity index (χ1) is 10.1. The Morgan fingerprint density at radius 2 is 1.95 bits per heavy atom. The molecule has 6 heteroatoms. The maximum absolute atomic E-state index is 4.00. The molecular weight excluding hydrogens is 282 g/mol. The van der Waals surface area contributed by atoms with Crippen LogP contribution in [0.5, 0.6) is 0 Å². The van der Waals surface area contributed by atoms with Crippen LogP contribution in [0, 0.1) is 5.92 Å². The quantitative estimate of drug-likeness (QED) is 0.796. The van der Waals surface area contributed by atoms with Crippen LogP contribution in [0.1, 0.15) is 31.0 Å². The van der Waals surface area contributed by atoms with E-state index in [1.807, 2.05) is 14.1 Å². The highest BCUT2D eigenvalue weighted by Gasteiger charge is 2.12. The highest BCUT2D eigenvalue weighted by atomic mass is 32.2. The lowest BCUT2D eigenvalue weighted by molar-refractivity contribution is 0.641. The summed E-state index contributed by atoms with van der Waals surface area (Å²) >= 11 is 1.66. The largest absolute Gasteiger partial charge is 0.312 e. The average molecular weight is 305 g/mol. The third-order valence-electron chi connectivity index (χ3n) is 3.33. The van der Waals surface area contributed by atoms with Gasteiger partial charge in [0.05, 0.1) is 0 Å². The second-order valence-corrected chi connectivity index (χ2v) is 6.56. The van der Waals surface area contributed by atoms with Crippen molar-refractivity contribution in [3.8, 4) is 0 Å². The molecule has 0 amide bonds. The van der Waals surface area contributed by atoms with Gasteiger partial charge in [-0.05, 0) is 40.9 Å². The number of tetrazole rings is 1. The van der Waals surface area contributed by atoms with E-state index in [4.69, 9.17) is 0 Å². The molecule has 21 heavy (non-hydrogen) atoms. The van der Waals surface area contributed by atoms with Crippen LogP contribution in [0.15, 0.2) is 29.4 Å². The summed E-state index contributed by atoms with van der Waals surface area (Å²) in [7, 11) is 3.85. The predicted molar refractivity (Wildman–Crippen MR) is 86.3 cm³/mol. The molecule has 0 fully saturated rings. The van der Waals surface area contributed by atoms with Gasteiger partial charge >= 0.3 is 0 Å². The van der Waals surface area contributed by atoms with E-state index in [2.05, 4.69) is 59.0 Å². The van der Waals surface area contributed by atoms with Crippen molar-refractivity contribution in [3.63, 3.8) is 0 Å². The molecule has 1 heterocycles. The van der Waals surface area contributed by atoms with Crippen LogP contribution in [0.2, 0.25) is 0 Å². The number of rotatable bonds is 7. The summed E-state index contributed by atoms with van der Waals surface area (Å²) in [5.74, 6) is 1.59. The summed E-state index contributed by atoms with van der Waals surface area (Å²) in [6.45, 7) is 4.49. The molecule has 2 rings (SSSR count). The Morgan fingerprint density at radius 1 is 1.24 bits per heavy atom. The third-order valence-corrected chi connectivity index (χ3v) is 4.44. The molecule has 0 aliphatic rings. The van der Waals surface area contributed by atoms with E-state index < -0.39 is 0 Å². The fourth-order valence-electron chi connectivity index (χ4n) is 2.21. The molecule has 1 atom stereocenters. The molecule has 0 aliphatic heterocycles. The van der Waals surface area contributed by atoms with Crippen LogP contribution in [0.25, 0.3) is 0 Å². The molecule has 114 valence electrons. The van der Waals surface area contributed by atoms with Crippen LogP contribution >= 0.6 is 11.8 Å². The summed E-state index contributed by atoms with van der Waals surface area (Å²) in [6.07, 6.45) is 1.13. The Balaban J connectivity index is 1.98. The van der Waals surface area contributed by atoms with Crippen molar-refractivity contribution in [2.75, 3.05) is 12.8 Å². The monoisotopic (exact) mass is 305 g/mol. The fraction of sp³-hybridized carbons (Fsp3) is 0.533. The van der Waals surface area contributed by atoms with Crippen LogP contribution in [0.3, 0.4) is 0 Å². The van der Waals surface area contributed by atoms with Crippen molar-refractivity contribution in [3.05, 3.63) is 35.4 Å². The zero-order valence-electron chi connectivity index (χ0n) is 13.1. The molecule has 2 aromatic rings. The number of aromatic nitrogens is 4. The molecule has 0 radical (unpaired) electrons. The second-order valence-electron chi connectivity index (χ2n) is 5.58. The van der Waals surface area contributed by atoms with Crippen molar-refractivity contribution in [2.24, 2.45) is 13.0 Å². The molecule has 1 aromatic carbocycles. The molecule has 0 spiro atoms. The highest BCUT2D eigenvalue weighted by molar-refractivity contribution is 7.99. The van der Waals surface area contributed by atoms with E-state index in [1.54, 1.807) is 16.4 Å². The number of benzene rings is 1. The topological polar surface area (TPSA) is 55.6 Å². The molecule has 0 saturated carbocycles. The lowest BCUT2D eigenvalue weighted by Gasteiger charge is -2.16. The van der Waals surface area contributed by atoms with Gasteiger partial charge in [-0.1, -0.05) is 49.9 Å². The number of thioether (sulfide) groups is 1. The van der Waals surface area contributed by atoms with Gasteiger partial charge in [0.1, 0.15) is 0 Å². The zero-order valence-corrected chi connectivity index (χ0v) is 13.9. The summed E-state index contributed by atoms with van der Waals surface area (Å²) < 4.78 is 1.70. The number of hydrogen-bond acceptors (Lipinski definition) is 5. The summed E-state index contributed by atoms with van der Waals surface area (Å²) in [5.41, 5.74) is 2.70. The van der Waals surface area contributed by atoms with Gasteiger partial charge in [-0.2, -0.15) is 0 Å². The van der Waals surface area contributed by atoms with Gasteiger partial charge in [0.2, 0.25) is 5.16 Å². The molecular formula is C15H23N5S. The van der Waals surface area contributed by atoms with Gasteiger partial charge in [-0.15, -0.1) is 5.10 Å². The molecule has 0 bridgehead atoms. The van der Waals surface area contributed by atoms with Crippen LogP contribution in [-0.4, -0.2) is 33.0 Å². The van der Waals surface area contributed by atoms with Gasteiger partial charge in [-0.25, -0.2) is 4.68 Å². The van der Waals surface area contributed by atoms with Crippen molar-refractivity contribution < 1.29 is 0 Å². The van der Waals surface area contributed by atoms with Gasteiger partial charge in [0.25, 0.3) is 0 Å². The minimum atomic E-state index is 0.291. The molecule has 5 nitrogen and oxygen atoms in total. The normalized spacial score (nSPS) is 12.8. The molecule has 0 saturated heterocycles.